The van der Waals surface area contributed by atoms with E-state index in [1.54, 1.807) is 0 Å². The maximum Gasteiger partial charge on any atom is 0.0393 e. The van der Waals surface area contributed by atoms with Gasteiger partial charge in [-0.2, -0.15) is 0 Å². The summed E-state index contributed by atoms with van der Waals surface area (Å²) in [6, 6.07) is 11.4. The van der Waals surface area contributed by atoms with Crippen LogP contribution < -0.4 is 5.32 Å². The Bertz CT molecular complexity index is 521. The van der Waals surface area contributed by atoms with E-state index in [-0.39, 0.29) is 0 Å². The van der Waals surface area contributed by atoms with Gasteiger partial charge in [0.1, 0.15) is 0 Å². The number of hydrogen-bond acceptors (Lipinski definition) is 2. The minimum atomic E-state index is 0.346. The van der Waals surface area contributed by atoms with Crippen LogP contribution in [0.4, 0.5) is 0 Å². The fraction of sp³-hybridized carbons (Fsp3) is 0.333. The van der Waals surface area contributed by atoms with Gasteiger partial charge in [0.25, 0.3) is 0 Å². The Morgan fingerprint density at radius 2 is 1.94 bits per heavy atom. The zero-order chi connectivity index (χ0) is 13.1. The molecule has 0 aliphatic rings. The molecule has 0 saturated heterocycles. The summed E-state index contributed by atoms with van der Waals surface area (Å²) >= 11 is 5.35. The number of hydrogen-bond donors (Lipinski definition) is 1. The molecule has 96 valence electrons. The summed E-state index contributed by atoms with van der Waals surface area (Å²) in [4.78, 5) is 1.43. The van der Waals surface area contributed by atoms with Crippen LogP contribution in [0.25, 0.3) is 0 Å². The van der Waals surface area contributed by atoms with E-state index in [2.05, 4.69) is 77.7 Å². The van der Waals surface area contributed by atoms with Crippen molar-refractivity contribution in [3.8, 4) is 0 Å². The van der Waals surface area contributed by atoms with Gasteiger partial charge in [0.15, 0.2) is 0 Å². The first kappa shape index (κ1) is 13.8. The first-order valence-corrected chi connectivity index (χ1v) is 7.80. The van der Waals surface area contributed by atoms with E-state index in [1.807, 2.05) is 11.3 Å². The summed E-state index contributed by atoms with van der Waals surface area (Å²) in [5.41, 5.74) is 2.69. The van der Waals surface area contributed by atoms with Crippen LogP contribution in [0.15, 0.2) is 40.2 Å². The third-order valence-corrected chi connectivity index (χ3v) is 4.84. The lowest BCUT2D eigenvalue weighted by molar-refractivity contribution is 0.499. The maximum atomic E-state index is 3.66. The molecule has 1 nitrogen and oxygen atoms in total. The minimum absolute atomic E-state index is 0.346. The molecular formula is C15H18BrNS. The van der Waals surface area contributed by atoms with E-state index in [1.165, 1.54) is 16.0 Å². The monoisotopic (exact) mass is 323 g/mol. The molecule has 0 bridgehead atoms. The van der Waals surface area contributed by atoms with Gasteiger partial charge < -0.3 is 5.32 Å². The Labute approximate surface area is 121 Å². The van der Waals surface area contributed by atoms with Crippen LogP contribution in [0.3, 0.4) is 0 Å². The third kappa shape index (κ3) is 3.22. The van der Waals surface area contributed by atoms with Crippen molar-refractivity contribution in [3.05, 3.63) is 56.2 Å². The summed E-state index contributed by atoms with van der Waals surface area (Å²) in [5, 5.41) is 5.82. The first-order chi connectivity index (χ1) is 8.58. The Balaban J connectivity index is 2.08. The Hall–Kier alpha value is -0.640. The number of rotatable bonds is 4. The smallest absolute Gasteiger partial charge is 0.0393 e. The van der Waals surface area contributed by atoms with Gasteiger partial charge in [0.05, 0.1) is 0 Å². The van der Waals surface area contributed by atoms with Crippen molar-refractivity contribution in [2.45, 2.75) is 32.9 Å². The summed E-state index contributed by atoms with van der Waals surface area (Å²) in [7, 11) is 0. The zero-order valence-corrected chi connectivity index (χ0v) is 13.3. The fourth-order valence-electron chi connectivity index (χ4n) is 2.15. The molecule has 1 aromatic carbocycles. The quantitative estimate of drug-likeness (QED) is 0.812. The number of thiophene rings is 1. The van der Waals surface area contributed by atoms with E-state index >= 15 is 0 Å². The van der Waals surface area contributed by atoms with Crippen molar-refractivity contribution < 1.29 is 0 Å². The fourth-order valence-corrected chi connectivity index (χ4v) is 3.51. The lowest BCUT2D eigenvalue weighted by Crippen LogP contribution is -2.22. The highest BCUT2D eigenvalue weighted by Crippen LogP contribution is 2.26. The molecule has 0 radical (unpaired) electrons. The summed E-state index contributed by atoms with van der Waals surface area (Å²) < 4.78 is 1.13. The van der Waals surface area contributed by atoms with Crippen LogP contribution >= 0.6 is 27.3 Å². The topological polar surface area (TPSA) is 12.0 Å². The zero-order valence-electron chi connectivity index (χ0n) is 10.9. The second-order valence-electron chi connectivity index (χ2n) is 4.63. The maximum absolute atomic E-state index is 3.66. The Morgan fingerprint density at radius 3 is 2.56 bits per heavy atom. The SMILES string of the molecule is Cc1ccsc1C(C)NC(C)c1cccc(Br)c1. The highest BCUT2D eigenvalue weighted by Gasteiger charge is 2.13. The molecule has 0 spiro atoms. The van der Waals surface area contributed by atoms with Crippen molar-refractivity contribution in [1.29, 1.82) is 0 Å². The first-order valence-electron chi connectivity index (χ1n) is 6.13. The van der Waals surface area contributed by atoms with Gasteiger partial charge >= 0.3 is 0 Å². The lowest BCUT2D eigenvalue weighted by Gasteiger charge is -2.20. The van der Waals surface area contributed by atoms with Crippen molar-refractivity contribution in [3.63, 3.8) is 0 Å². The van der Waals surface area contributed by atoms with Gasteiger partial charge in [-0.05, 0) is 55.5 Å². The van der Waals surface area contributed by atoms with Crippen LogP contribution in [0.5, 0.6) is 0 Å². The summed E-state index contributed by atoms with van der Waals surface area (Å²) in [6.07, 6.45) is 0. The van der Waals surface area contributed by atoms with E-state index < -0.39 is 0 Å². The second-order valence-corrected chi connectivity index (χ2v) is 6.50. The van der Waals surface area contributed by atoms with E-state index in [0.717, 1.165) is 4.47 Å². The predicted molar refractivity (Wildman–Crippen MR) is 83.2 cm³/mol. The number of benzene rings is 1. The average molecular weight is 324 g/mol. The Kier molecular flexibility index (Phi) is 4.60. The van der Waals surface area contributed by atoms with Crippen molar-refractivity contribution in [2.75, 3.05) is 0 Å². The molecule has 2 atom stereocenters. The van der Waals surface area contributed by atoms with Gasteiger partial charge in [-0.25, -0.2) is 0 Å². The number of aryl methyl sites for hydroxylation is 1. The molecular weight excluding hydrogens is 306 g/mol. The molecule has 3 heteroatoms. The van der Waals surface area contributed by atoms with Gasteiger partial charge in [-0.15, -0.1) is 11.3 Å². The predicted octanol–water partition coefficient (Wildman–Crippen LogP) is 5.23. The third-order valence-electron chi connectivity index (χ3n) is 3.14. The molecule has 0 saturated carbocycles. The normalized spacial score (nSPS) is 14.4. The van der Waals surface area contributed by atoms with Crippen LogP contribution in [-0.2, 0) is 0 Å². The van der Waals surface area contributed by atoms with Crippen LogP contribution in [-0.4, -0.2) is 0 Å². The minimum Gasteiger partial charge on any atom is -0.303 e. The van der Waals surface area contributed by atoms with Crippen LogP contribution in [0, 0.1) is 6.92 Å². The Morgan fingerprint density at radius 1 is 1.17 bits per heavy atom. The van der Waals surface area contributed by atoms with Gasteiger partial charge in [-0.3, -0.25) is 0 Å². The largest absolute Gasteiger partial charge is 0.303 e. The molecule has 0 fully saturated rings. The van der Waals surface area contributed by atoms with E-state index in [4.69, 9.17) is 0 Å². The molecule has 0 aliphatic carbocycles. The van der Waals surface area contributed by atoms with E-state index in [0.29, 0.717) is 12.1 Å². The standard InChI is InChI=1S/C15H18BrNS/c1-10-7-8-18-15(10)12(3)17-11(2)13-5-4-6-14(16)9-13/h4-9,11-12,17H,1-3H3. The van der Waals surface area contributed by atoms with Gasteiger partial charge in [0, 0.05) is 21.4 Å². The molecule has 2 unspecified atom stereocenters. The molecule has 1 aromatic heterocycles. The van der Waals surface area contributed by atoms with Crippen molar-refractivity contribution in [1.82, 2.24) is 5.32 Å². The molecule has 2 rings (SSSR count). The molecule has 0 aliphatic heterocycles. The van der Waals surface area contributed by atoms with Crippen LogP contribution in [0.1, 0.15) is 41.9 Å². The molecule has 0 amide bonds. The number of nitrogens with one attached hydrogen (secondary N) is 1. The lowest BCUT2D eigenvalue weighted by atomic mass is 10.1. The number of halogens is 1. The summed E-state index contributed by atoms with van der Waals surface area (Å²) in [5.74, 6) is 0. The van der Waals surface area contributed by atoms with Crippen molar-refractivity contribution >= 4 is 27.3 Å². The van der Waals surface area contributed by atoms with Gasteiger partial charge in [-0.1, -0.05) is 28.1 Å². The molecule has 1 heterocycles. The van der Waals surface area contributed by atoms with Crippen LogP contribution in [0.2, 0.25) is 0 Å². The molecule has 2 aromatic rings. The highest BCUT2D eigenvalue weighted by molar-refractivity contribution is 9.10. The van der Waals surface area contributed by atoms with Crippen molar-refractivity contribution in [2.24, 2.45) is 0 Å². The second kappa shape index (κ2) is 6.00. The van der Waals surface area contributed by atoms with E-state index in [9.17, 15) is 0 Å². The molecule has 1 N–H and O–H groups in total. The average Bonchev–Trinajstić information content (AvgIpc) is 2.75. The summed E-state index contributed by atoms with van der Waals surface area (Å²) in [6.45, 7) is 6.61. The highest BCUT2D eigenvalue weighted by atomic mass is 79.9. The van der Waals surface area contributed by atoms with Gasteiger partial charge in [0.2, 0.25) is 0 Å². The molecule has 18 heavy (non-hydrogen) atoms.